The SMILES string of the molecule is CC(C)SCc1cc(=O)[nH]c(Nc2cc(Cl)cc(Cl)c2)n1. The second kappa shape index (κ2) is 7.20. The third-order valence-corrected chi connectivity index (χ3v) is 4.05. The molecule has 0 unspecified atom stereocenters. The van der Waals surface area contributed by atoms with Crippen LogP contribution in [0.3, 0.4) is 0 Å². The van der Waals surface area contributed by atoms with Gasteiger partial charge < -0.3 is 5.32 Å². The predicted octanol–water partition coefficient (Wildman–Crippen LogP) is 4.46. The van der Waals surface area contributed by atoms with Gasteiger partial charge in [-0.25, -0.2) is 4.98 Å². The van der Waals surface area contributed by atoms with Crippen molar-refractivity contribution in [3.05, 3.63) is 50.4 Å². The van der Waals surface area contributed by atoms with Gasteiger partial charge in [0.05, 0.1) is 5.69 Å². The standard InChI is InChI=1S/C14H15Cl2N3OS/c1-8(2)21-7-12-6-13(20)19-14(18-12)17-11-4-9(15)3-10(16)5-11/h3-6,8H,7H2,1-2H3,(H2,17,18,19,20). The molecule has 0 amide bonds. The number of benzene rings is 1. The minimum Gasteiger partial charge on any atom is -0.326 e. The van der Waals surface area contributed by atoms with E-state index in [1.165, 1.54) is 6.07 Å². The Labute approximate surface area is 137 Å². The van der Waals surface area contributed by atoms with Gasteiger partial charge in [-0.05, 0) is 23.4 Å². The fourth-order valence-electron chi connectivity index (χ4n) is 1.66. The lowest BCUT2D eigenvalue weighted by molar-refractivity contribution is 1.05. The van der Waals surface area contributed by atoms with Gasteiger partial charge in [0.1, 0.15) is 0 Å². The average Bonchev–Trinajstić information content (AvgIpc) is 2.34. The fraction of sp³-hybridized carbons (Fsp3) is 0.286. The van der Waals surface area contributed by atoms with Crippen molar-refractivity contribution in [2.75, 3.05) is 5.32 Å². The van der Waals surface area contributed by atoms with E-state index in [0.717, 1.165) is 5.69 Å². The Kier molecular flexibility index (Phi) is 5.56. The van der Waals surface area contributed by atoms with E-state index >= 15 is 0 Å². The van der Waals surface area contributed by atoms with Gasteiger partial charge in [-0.2, -0.15) is 11.8 Å². The van der Waals surface area contributed by atoms with Gasteiger partial charge in [0.15, 0.2) is 0 Å². The van der Waals surface area contributed by atoms with Crippen molar-refractivity contribution in [2.45, 2.75) is 24.9 Å². The monoisotopic (exact) mass is 343 g/mol. The van der Waals surface area contributed by atoms with E-state index in [9.17, 15) is 4.79 Å². The summed E-state index contributed by atoms with van der Waals surface area (Å²) >= 11 is 13.6. The molecule has 1 aromatic carbocycles. The van der Waals surface area contributed by atoms with Crippen LogP contribution < -0.4 is 10.9 Å². The maximum Gasteiger partial charge on any atom is 0.252 e. The predicted molar refractivity (Wildman–Crippen MR) is 91.0 cm³/mol. The number of thioether (sulfide) groups is 1. The largest absolute Gasteiger partial charge is 0.326 e. The van der Waals surface area contributed by atoms with E-state index in [0.29, 0.717) is 32.7 Å². The van der Waals surface area contributed by atoms with Gasteiger partial charge in [0.2, 0.25) is 5.95 Å². The number of aromatic nitrogens is 2. The number of hydrogen-bond acceptors (Lipinski definition) is 4. The van der Waals surface area contributed by atoms with E-state index < -0.39 is 0 Å². The summed E-state index contributed by atoms with van der Waals surface area (Å²) in [5, 5.41) is 4.52. The maximum atomic E-state index is 11.7. The smallest absolute Gasteiger partial charge is 0.252 e. The summed E-state index contributed by atoms with van der Waals surface area (Å²) in [6.07, 6.45) is 0. The van der Waals surface area contributed by atoms with E-state index in [-0.39, 0.29) is 5.56 Å². The average molecular weight is 344 g/mol. The molecule has 7 heteroatoms. The first-order valence-corrected chi connectivity index (χ1v) is 8.18. The number of H-pyrrole nitrogens is 1. The number of nitrogens with zero attached hydrogens (tertiary/aromatic N) is 1. The van der Waals surface area contributed by atoms with Crippen molar-refractivity contribution in [3.63, 3.8) is 0 Å². The Hall–Kier alpha value is -1.17. The minimum absolute atomic E-state index is 0.194. The second-order valence-electron chi connectivity index (χ2n) is 4.73. The quantitative estimate of drug-likeness (QED) is 0.841. The highest BCUT2D eigenvalue weighted by molar-refractivity contribution is 7.99. The normalized spacial score (nSPS) is 10.9. The lowest BCUT2D eigenvalue weighted by atomic mass is 10.3. The Morgan fingerprint density at radius 2 is 1.90 bits per heavy atom. The molecular formula is C14H15Cl2N3OS. The molecule has 0 atom stereocenters. The molecule has 0 aliphatic heterocycles. The second-order valence-corrected chi connectivity index (χ2v) is 7.17. The molecular weight excluding hydrogens is 329 g/mol. The summed E-state index contributed by atoms with van der Waals surface area (Å²) < 4.78 is 0. The summed E-state index contributed by atoms with van der Waals surface area (Å²) in [4.78, 5) is 18.7. The molecule has 0 saturated carbocycles. The highest BCUT2D eigenvalue weighted by atomic mass is 35.5. The lowest BCUT2D eigenvalue weighted by Crippen LogP contribution is -2.12. The van der Waals surface area contributed by atoms with Crippen molar-refractivity contribution >= 4 is 46.6 Å². The fourth-order valence-corrected chi connectivity index (χ4v) is 2.83. The molecule has 0 radical (unpaired) electrons. The lowest BCUT2D eigenvalue weighted by Gasteiger charge is -2.09. The van der Waals surface area contributed by atoms with Gasteiger partial charge in [-0.1, -0.05) is 37.0 Å². The van der Waals surface area contributed by atoms with Crippen molar-refractivity contribution in [3.8, 4) is 0 Å². The number of aromatic amines is 1. The van der Waals surface area contributed by atoms with Crippen LogP contribution in [-0.4, -0.2) is 15.2 Å². The van der Waals surface area contributed by atoms with Gasteiger partial charge in [-0.15, -0.1) is 0 Å². The number of anilines is 2. The van der Waals surface area contributed by atoms with Crippen LogP contribution in [-0.2, 0) is 5.75 Å². The van der Waals surface area contributed by atoms with Crippen molar-refractivity contribution in [1.29, 1.82) is 0 Å². The molecule has 21 heavy (non-hydrogen) atoms. The Morgan fingerprint density at radius 1 is 1.24 bits per heavy atom. The zero-order chi connectivity index (χ0) is 15.4. The first kappa shape index (κ1) is 16.2. The highest BCUT2D eigenvalue weighted by Gasteiger charge is 2.05. The molecule has 0 bridgehead atoms. The highest BCUT2D eigenvalue weighted by Crippen LogP contribution is 2.24. The topological polar surface area (TPSA) is 57.8 Å². The van der Waals surface area contributed by atoms with E-state index in [2.05, 4.69) is 29.1 Å². The molecule has 0 aliphatic carbocycles. The van der Waals surface area contributed by atoms with Crippen molar-refractivity contribution in [1.82, 2.24) is 9.97 Å². The van der Waals surface area contributed by atoms with Crippen LogP contribution in [0.2, 0.25) is 10.0 Å². The zero-order valence-electron chi connectivity index (χ0n) is 11.6. The molecule has 0 fully saturated rings. The molecule has 0 spiro atoms. The molecule has 4 nitrogen and oxygen atoms in total. The van der Waals surface area contributed by atoms with Gasteiger partial charge in [0, 0.05) is 27.6 Å². The number of hydrogen-bond donors (Lipinski definition) is 2. The summed E-state index contributed by atoms with van der Waals surface area (Å²) in [7, 11) is 0. The summed E-state index contributed by atoms with van der Waals surface area (Å²) in [6, 6.07) is 6.57. The van der Waals surface area contributed by atoms with Gasteiger partial charge >= 0.3 is 0 Å². The van der Waals surface area contributed by atoms with Crippen LogP contribution in [0.15, 0.2) is 29.1 Å². The molecule has 2 rings (SSSR count). The number of halogens is 2. The van der Waals surface area contributed by atoms with E-state index in [1.807, 2.05) is 0 Å². The summed E-state index contributed by atoms with van der Waals surface area (Å²) in [6.45, 7) is 4.20. The summed E-state index contributed by atoms with van der Waals surface area (Å²) in [5.74, 6) is 1.06. The molecule has 2 aromatic rings. The van der Waals surface area contributed by atoms with Crippen LogP contribution >= 0.6 is 35.0 Å². The first-order valence-electron chi connectivity index (χ1n) is 6.37. The van der Waals surface area contributed by atoms with Crippen LogP contribution in [0.4, 0.5) is 11.6 Å². The van der Waals surface area contributed by atoms with E-state index in [4.69, 9.17) is 23.2 Å². The van der Waals surface area contributed by atoms with E-state index in [1.54, 1.807) is 30.0 Å². The van der Waals surface area contributed by atoms with Gasteiger partial charge in [-0.3, -0.25) is 9.78 Å². The first-order chi connectivity index (χ1) is 9.92. The zero-order valence-corrected chi connectivity index (χ0v) is 13.9. The van der Waals surface area contributed by atoms with Crippen molar-refractivity contribution < 1.29 is 0 Å². The van der Waals surface area contributed by atoms with Crippen LogP contribution in [0, 0.1) is 0 Å². The van der Waals surface area contributed by atoms with Crippen LogP contribution in [0.25, 0.3) is 0 Å². The third kappa shape index (κ3) is 5.26. The van der Waals surface area contributed by atoms with Gasteiger partial charge in [0.25, 0.3) is 5.56 Å². The molecule has 1 aromatic heterocycles. The maximum absolute atomic E-state index is 11.7. The minimum atomic E-state index is -0.194. The molecule has 2 N–H and O–H groups in total. The third-order valence-electron chi connectivity index (χ3n) is 2.48. The molecule has 0 saturated heterocycles. The number of rotatable bonds is 5. The van der Waals surface area contributed by atoms with Crippen molar-refractivity contribution in [2.24, 2.45) is 0 Å². The Morgan fingerprint density at radius 3 is 2.52 bits per heavy atom. The Balaban J connectivity index is 2.21. The molecule has 0 aliphatic rings. The Bertz CT molecular complexity index is 668. The molecule has 1 heterocycles. The number of nitrogens with one attached hydrogen (secondary N) is 2. The van der Waals surface area contributed by atoms with Crippen LogP contribution in [0.5, 0.6) is 0 Å². The molecule has 112 valence electrons. The summed E-state index contributed by atoms with van der Waals surface area (Å²) in [5.41, 5.74) is 1.21. The van der Waals surface area contributed by atoms with Crippen LogP contribution in [0.1, 0.15) is 19.5 Å².